The van der Waals surface area contributed by atoms with Crippen molar-refractivity contribution in [2.75, 3.05) is 26.2 Å². The Hall–Kier alpha value is -0.0800. The Morgan fingerprint density at radius 3 is 1.14 bits per heavy atom. The summed E-state index contributed by atoms with van der Waals surface area (Å²) in [6.07, 6.45) is 20.6. The lowest BCUT2D eigenvalue weighted by atomic mass is 9.91. The summed E-state index contributed by atoms with van der Waals surface area (Å²) in [4.78, 5) is 0. The third-order valence-electron chi connectivity index (χ3n) is 5.89. The number of piperidine rings is 2. The van der Waals surface area contributed by atoms with Crippen LogP contribution in [0, 0.1) is 11.8 Å². The number of hydrogen-bond acceptors (Lipinski definition) is 2. The zero-order chi connectivity index (χ0) is 15.3. The summed E-state index contributed by atoms with van der Waals surface area (Å²) in [5.74, 6) is 2.08. The van der Waals surface area contributed by atoms with Crippen molar-refractivity contribution in [3.8, 4) is 0 Å². The van der Waals surface area contributed by atoms with Crippen LogP contribution >= 0.6 is 0 Å². The molecule has 2 nitrogen and oxygen atoms in total. The van der Waals surface area contributed by atoms with Gasteiger partial charge < -0.3 is 10.6 Å². The lowest BCUT2D eigenvalue weighted by molar-refractivity contribution is 0.339. The van der Waals surface area contributed by atoms with Crippen molar-refractivity contribution in [3.63, 3.8) is 0 Å². The monoisotopic (exact) mass is 308 g/mol. The highest BCUT2D eigenvalue weighted by atomic mass is 14.9. The van der Waals surface area contributed by atoms with E-state index in [2.05, 4.69) is 10.6 Å². The smallest absolute Gasteiger partial charge is 0.00463 e. The average Bonchev–Trinajstić information content (AvgIpc) is 2.58. The van der Waals surface area contributed by atoms with E-state index >= 15 is 0 Å². The first kappa shape index (κ1) is 18.3. The van der Waals surface area contributed by atoms with E-state index in [1.165, 1.54) is 116 Å². The molecule has 2 N–H and O–H groups in total. The Labute approximate surface area is 139 Å². The summed E-state index contributed by atoms with van der Waals surface area (Å²) in [5.41, 5.74) is 0. The Morgan fingerprint density at radius 1 is 0.455 bits per heavy atom. The van der Waals surface area contributed by atoms with Gasteiger partial charge in [-0.15, -0.1) is 0 Å². The molecule has 0 atom stereocenters. The molecule has 2 aliphatic heterocycles. The Morgan fingerprint density at radius 2 is 0.773 bits per heavy atom. The molecule has 0 aromatic carbocycles. The van der Waals surface area contributed by atoms with E-state index < -0.39 is 0 Å². The number of rotatable bonds is 11. The average molecular weight is 309 g/mol. The highest BCUT2D eigenvalue weighted by molar-refractivity contribution is 4.69. The summed E-state index contributed by atoms with van der Waals surface area (Å²) in [7, 11) is 0. The van der Waals surface area contributed by atoms with Crippen molar-refractivity contribution in [3.05, 3.63) is 0 Å². The van der Waals surface area contributed by atoms with Crippen LogP contribution in [0.2, 0.25) is 0 Å². The fraction of sp³-hybridized carbons (Fsp3) is 1.00. The fourth-order valence-electron chi connectivity index (χ4n) is 4.27. The van der Waals surface area contributed by atoms with Crippen LogP contribution in [0.4, 0.5) is 0 Å². The molecule has 2 aliphatic rings. The first-order valence-electron chi connectivity index (χ1n) is 10.4. The first-order valence-corrected chi connectivity index (χ1v) is 10.4. The summed E-state index contributed by atoms with van der Waals surface area (Å²) >= 11 is 0. The van der Waals surface area contributed by atoms with Crippen molar-refractivity contribution in [2.45, 2.75) is 89.9 Å². The van der Waals surface area contributed by atoms with E-state index in [1.54, 1.807) is 0 Å². The van der Waals surface area contributed by atoms with E-state index in [9.17, 15) is 0 Å². The third kappa shape index (κ3) is 8.53. The van der Waals surface area contributed by atoms with Crippen molar-refractivity contribution < 1.29 is 0 Å². The van der Waals surface area contributed by atoms with Crippen molar-refractivity contribution in [2.24, 2.45) is 11.8 Å². The molecular weight excluding hydrogens is 268 g/mol. The largest absolute Gasteiger partial charge is 0.317 e. The van der Waals surface area contributed by atoms with Crippen LogP contribution in [-0.4, -0.2) is 26.2 Å². The van der Waals surface area contributed by atoms with Gasteiger partial charge in [0.2, 0.25) is 0 Å². The van der Waals surface area contributed by atoms with Gasteiger partial charge in [-0.1, -0.05) is 64.2 Å². The molecule has 2 heterocycles. The zero-order valence-corrected chi connectivity index (χ0v) is 14.9. The molecule has 130 valence electrons. The molecule has 2 rings (SSSR count). The highest BCUT2D eigenvalue weighted by Gasteiger charge is 2.12. The minimum Gasteiger partial charge on any atom is -0.317 e. The maximum Gasteiger partial charge on any atom is -0.00463 e. The predicted octanol–water partition coefficient (Wildman–Crippen LogP) is 4.89. The van der Waals surface area contributed by atoms with Crippen LogP contribution in [0.25, 0.3) is 0 Å². The maximum atomic E-state index is 3.47. The summed E-state index contributed by atoms with van der Waals surface area (Å²) in [5, 5.41) is 6.93. The molecule has 2 heteroatoms. The number of nitrogens with one attached hydrogen (secondary N) is 2. The van der Waals surface area contributed by atoms with E-state index in [0.717, 1.165) is 11.8 Å². The molecule has 0 amide bonds. The molecule has 0 spiro atoms. The molecule has 0 aromatic heterocycles. The van der Waals surface area contributed by atoms with Gasteiger partial charge in [0.15, 0.2) is 0 Å². The summed E-state index contributed by atoms with van der Waals surface area (Å²) < 4.78 is 0. The van der Waals surface area contributed by atoms with Gasteiger partial charge in [0.1, 0.15) is 0 Å². The van der Waals surface area contributed by atoms with Gasteiger partial charge in [0.05, 0.1) is 0 Å². The van der Waals surface area contributed by atoms with Gasteiger partial charge in [-0.3, -0.25) is 0 Å². The van der Waals surface area contributed by atoms with Gasteiger partial charge in [-0.05, 0) is 63.7 Å². The quantitative estimate of drug-likeness (QED) is 0.531. The maximum absolute atomic E-state index is 3.47. The topological polar surface area (TPSA) is 24.1 Å². The van der Waals surface area contributed by atoms with E-state index in [0.29, 0.717) is 0 Å². The molecule has 0 bridgehead atoms. The fourth-order valence-corrected chi connectivity index (χ4v) is 4.27. The second-order valence-corrected chi connectivity index (χ2v) is 7.79. The first-order chi connectivity index (χ1) is 10.9. The van der Waals surface area contributed by atoms with Gasteiger partial charge in [-0.2, -0.15) is 0 Å². The predicted molar refractivity (Wildman–Crippen MR) is 97.4 cm³/mol. The van der Waals surface area contributed by atoms with Crippen molar-refractivity contribution in [1.29, 1.82) is 0 Å². The summed E-state index contributed by atoms with van der Waals surface area (Å²) in [6, 6.07) is 0. The lowest BCUT2D eigenvalue weighted by Crippen LogP contribution is -2.27. The SMILES string of the molecule is C(CCCCCC1CCNCC1)CCCCC1CCNCC1. The van der Waals surface area contributed by atoms with Crippen LogP contribution in [0.1, 0.15) is 89.9 Å². The highest BCUT2D eigenvalue weighted by Crippen LogP contribution is 2.21. The Bertz CT molecular complexity index is 216. The normalized spacial score (nSPS) is 21.3. The van der Waals surface area contributed by atoms with Gasteiger partial charge >= 0.3 is 0 Å². The van der Waals surface area contributed by atoms with Gasteiger partial charge in [0.25, 0.3) is 0 Å². The number of hydrogen-bond donors (Lipinski definition) is 2. The van der Waals surface area contributed by atoms with Gasteiger partial charge in [-0.25, -0.2) is 0 Å². The van der Waals surface area contributed by atoms with E-state index in [-0.39, 0.29) is 0 Å². The molecule has 0 aliphatic carbocycles. The molecule has 22 heavy (non-hydrogen) atoms. The molecular formula is C20H40N2. The van der Waals surface area contributed by atoms with Crippen LogP contribution in [0.3, 0.4) is 0 Å². The van der Waals surface area contributed by atoms with E-state index in [4.69, 9.17) is 0 Å². The Balaban J connectivity index is 1.28. The third-order valence-corrected chi connectivity index (χ3v) is 5.89. The molecule has 0 saturated carbocycles. The minimum absolute atomic E-state index is 1.04. The lowest BCUT2D eigenvalue weighted by Gasteiger charge is -2.22. The van der Waals surface area contributed by atoms with Gasteiger partial charge in [0, 0.05) is 0 Å². The molecule has 0 unspecified atom stereocenters. The van der Waals surface area contributed by atoms with Crippen LogP contribution in [0.5, 0.6) is 0 Å². The minimum atomic E-state index is 1.04. The second kappa shape index (κ2) is 12.4. The Kier molecular flexibility index (Phi) is 10.3. The standard InChI is InChI=1S/C20H40N2/c1(3-5-7-9-19-11-15-21-16-12-19)2-4-6-8-10-20-13-17-22-18-14-20/h19-22H,1-18H2. The number of unbranched alkanes of at least 4 members (excludes halogenated alkanes) is 7. The van der Waals surface area contributed by atoms with Crippen LogP contribution < -0.4 is 10.6 Å². The van der Waals surface area contributed by atoms with E-state index in [1.807, 2.05) is 0 Å². The molecule has 0 aromatic rings. The van der Waals surface area contributed by atoms with Crippen molar-refractivity contribution >= 4 is 0 Å². The molecule has 2 fully saturated rings. The van der Waals surface area contributed by atoms with Crippen LogP contribution in [0.15, 0.2) is 0 Å². The molecule has 2 saturated heterocycles. The molecule has 0 radical (unpaired) electrons. The zero-order valence-electron chi connectivity index (χ0n) is 14.9. The van der Waals surface area contributed by atoms with Crippen molar-refractivity contribution in [1.82, 2.24) is 10.6 Å². The van der Waals surface area contributed by atoms with Crippen LogP contribution in [-0.2, 0) is 0 Å². The second-order valence-electron chi connectivity index (χ2n) is 7.79. The summed E-state index contributed by atoms with van der Waals surface area (Å²) in [6.45, 7) is 5.06.